The summed E-state index contributed by atoms with van der Waals surface area (Å²) in [6.45, 7) is -0.357. The summed E-state index contributed by atoms with van der Waals surface area (Å²) in [5.41, 5.74) is 0.227. The van der Waals surface area contributed by atoms with Crippen LogP contribution in [0.5, 0.6) is 0 Å². The molecule has 8 heteroatoms. The van der Waals surface area contributed by atoms with Gasteiger partial charge in [-0.1, -0.05) is 11.8 Å². The predicted molar refractivity (Wildman–Crippen MR) is 73.4 cm³/mol. The lowest BCUT2D eigenvalue weighted by atomic mass is 10.3. The third-order valence-electron chi connectivity index (χ3n) is 2.22. The summed E-state index contributed by atoms with van der Waals surface area (Å²) >= 11 is 1.12. The maximum atomic E-state index is 11.8. The molecule has 0 fully saturated rings. The Hall–Kier alpha value is -2.09. The first-order valence-corrected chi connectivity index (χ1v) is 6.73. The molecule has 0 atom stereocenters. The molecule has 1 aromatic rings. The number of carbonyl (C=O) groups is 3. The molecule has 1 rings (SSSR count). The lowest BCUT2D eigenvalue weighted by molar-refractivity contribution is -0.123. The zero-order chi connectivity index (χ0) is 15.0. The van der Waals surface area contributed by atoms with Gasteiger partial charge in [0.25, 0.3) is 5.91 Å². The predicted octanol–water partition coefficient (Wildman–Crippen LogP) is -0.178. The third kappa shape index (κ3) is 4.88. The van der Waals surface area contributed by atoms with Crippen LogP contribution in [-0.2, 0) is 14.3 Å². The summed E-state index contributed by atoms with van der Waals surface area (Å²) in [7, 11) is 2.98. The molecule has 7 nitrogen and oxygen atoms in total. The molecule has 1 heterocycles. The first-order valence-electron chi connectivity index (χ1n) is 5.74. The maximum Gasteiger partial charge on any atom is 0.341 e. The van der Waals surface area contributed by atoms with Crippen molar-refractivity contribution in [3.8, 4) is 0 Å². The second-order valence-corrected chi connectivity index (χ2v) is 4.53. The number of nitrogens with zero attached hydrogens (tertiary/aromatic N) is 1. The van der Waals surface area contributed by atoms with Crippen molar-refractivity contribution in [2.24, 2.45) is 0 Å². The smallest absolute Gasteiger partial charge is 0.341 e. The molecular formula is C12H15N3O4S. The van der Waals surface area contributed by atoms with Crippen molar-refractivity contribution in [3.63, 3.8) is 0 Å². The third-order valence-corrected chi connectivity index (χ3v) is 3.23. The topological polar surface area (TPSA) is 97.4 Å². The van der Waals surface area contributed by atoms with Crippen LogP contribution in [0.3, 0.4) is 0 Å². The van der Waals surface area contributed by atoms with Crippen LogP contribution in [0.2, 0.25) is 0 Å². The molecule has 0 bridgehead atoms. The van der Waals surface area contributed by atoms with Gasteiger partial charge in [-0.25, -0.2) is 9.78 Å². The molecule has 0 aliphatic rings. The first-order chi connectivity index (χ1) is 9.58. The first kappa shape index (κ1) is 16.0. The van der Waals surface area contributed by atoms with Crippen molar-refractivity contribution in [2.75, 3.05) is 26.5 Å². The Balaban J connectivity index is 2.71. The van der Waals surface area contributed by atoms with E-state index in [1.807, 2.05) is 0 Å². The summed E-state index contributed by atoms with van der Waals surface area (Å²) in [4.78, 5) is 38.1. The van der Waals surface area contributed by atoms with Crippen LogP contribution in [0.4, 0.5) is 0 Å². The van der Waals surface area contributed by atoms with Crippen molar-refractivity contribution < 1.29 is 19.1 Å². The van der Waals surface area contributed by atoms with Crippen molar-refractivity contribution in [1.29, 1.82) is 0 Å². The average Bonchev–Trinajstić information content (AvgIpc) is 2.49. The van der Waals surface area contributed by atoms with E-state index >= 15 is 0 Å². The minimum absolute atomic E-state index is 0.142. The van der Waals surface area contributed by atoms with Gasteiger partial charge in [-0.3, -0.25) is 9.59 Å². The number of esters is 1. The molecule has 1 aromatic heterocycles. The van der Waals surface area contributed by atoms with E-state index in [0.29, 0.717) is 5.03 Å². The molecule has 0 unspecified atom stereocenters. The molecule has 0 saturated heterocycles. The zero-order valence-electron chi connectivity index (χ0n) is 11.1. The van der Waals surface area contributed by atoms with Crippen LogP contribution in [0.1, 0.15) is 10.4 Å². The lowest BCUT2D eigenvalue weighted by Gasteiger charge is -2.07. The van der Waals surface area contributed by atoms with Gasteiger partial charge in [-0.15, -0.1) is 0 Å². The number of likely N-dealkylation sites (N-methyl/N-ethyl adjacent to an activating group) is 1. The molecule has 0 aromatic carbocycles. The van der Waals surface area contributed by atoms with E-state index in [2.05, 4.69) is 15.6 Å². The number of carbonyl (C=O) groups excluding carboxylic acids is 3. The Bertz CT molecular complexity index is 507. The van der Waals surface area contributed by atoms with Crippen molar-refractivity contribution in [3.05, 3.63) is 23.9 Å². The molecule has 2 N–H and O–H groups in total. The van der Waals surface area contributed by atoms with Crippen LogP contribution in [0, 0.1) is 0 Å². The minimum Gasteiger partial charge on any atom is -0.452 e. The van der Waals surface area contributed by atoms with Crippen LogP contribution in [0.15, 0.2) is 23.4 Å². The van der Waals surface area contributed by atoms with E-state index in [1.165, 1.54) is 26.4 Å². The summed E-state index contributed by atoms with van der Waals surface area (Å²) in [6, 6.07) is 3.12. The molecule has 0 aliphatic carbocycles. The average molecular weight is 297 g/mol. The Morgan fingerprint density at radius 1 is 1.25 bits per heavy atom. The highest BCUT2D eigenvalue weighted by Gasteiger charge is 2.16. The van der Waals surface area contributed by atoms with E-state index in [-0.39, 0.29) is 23.8 Å². The van der Waals surface area contributed by atoms with Crippen molar-refractivity contribution in [2.45, 2.75) is 5.03 Å². The van der Waals surface area contributed by atoms with Crippen LogP contribution >= 0.6 is 11.8 Å². The van der Waals surface area contributed by atoms with E-state index in [1.54, 1.807) is 6.07 Å². The second kappa shape index (κ2) is 8.16. The van der Waals surface area contributed by atoms with Gasteiger partial charge < -0.3 is 15.4 Å². The number of hydrogen-bond acceptors (Lipinski definition) is 6. The highest BCUT2D eigenvalue weighted by atomic mass is 32.2. The Labute approximate surface area is 120 Å². The highest BCUT2D eigenvalue weighted by Crippen LogP contribution is 2.20. The summed E-state index contributed by atoms with van der Waals surface area (Å²) < 4.78 is 4.85. The molecule has 0 aliphatic heterocycles. The van der Waals surface area contributed by atoms with Crippen LogP contribution in [0.25, 0.3) is 0 Å². The molecule has 2 amide bonds. The van der Waals surface area contributed by atoms with Gasteiger partial charge in [0.15, 0.2) is 6.61 Å². The number of ether oxygens (including phenoxy) is 1. The Morgan fingerprint density at radius 2 is 1.95 bits per heavy atom. The normalized spacial score (nSPS) is 9.70. The Morgan fingerprint density at radius 3 is 2.60 bits per heavy atom. The lowest BCUT2D eigenvalue weighted by Crippen LogP contribution is -2.25. The number of hydrogen-bond donors (Lipinski definition) is 2. The summed E-state index contributed by atoms with van der Waals surface area (Å²) in [6.07, 6.45) is 1.52. The molecule has 108 valence electrons. The van der Waals surface area contributed by atoms with Gasteiger partial charge in [0.2, 0.25) is 5.91 Å². The van der Waals surface area contributed by atoms with Gasteiger partial charge >= 0.3 is 5.97 Å². The SMILES string of the molecule is CNC(=O)COC(=O)c1cccnc1SCC(=O)NC. The molecule has 20 heavy (non-hydrogen) atoms. The maximum absolute atomic E-state index is 11.8. The van der Waals surface area contributed by atoms with Crippen molar-refractivity contribution >= 4 is 29.5 Å². The van der Waals surface area contributed by atoms with E-state index in [0.717, 1.165) is 11.8 Å². The van der Waals surface area contributed by atoms with Crippen LogP contribution < -0.4 is 10.6 Å². The molecule has 0 saturated carbocycles. The van der Waals surface area contributed by atoms with E-state index in [9.17, 15) is 14.4 Å². The number of aromatic nitrogens is 1. The quantitative estimate of drug-likeness (QED) is 0.558. The zero-order valence-corrected chi connectivity index (χ0v) is 12.0. The fourth-order valence-corrected chi connectivity index (χ4v) is 2.00. The van der Waals surface area contributed by atoms with Crippen LogP contribution in [-0.4, -0.2) is 49.2 Å². The van der Waals surface area contributed by atoms with E-state index in [4.69, 9.17) is 4.74 Å². The van der Waals surface area contributed by atoms with Gasteiger partial charge in [0, 0.05) is 20.3 Å². The van der Waals surface area contributed by atoms with Gasteiger partial charge in [0.05, 0.1) is 11.3 Å². The minimum atomic E-state index is -0.652. The molecular weight excluding hydrogens is 282 g/mol. The monoisotopic (exact) mass is 297 g/mol. The Kier molecular flexibility index (Phi) is 6.51. The number of amides is 2. The fourth-order valence-electron chi connectivity index (χ4n) is 1.15. The summed E-state index contributed by atoms with van der Waals surface area (Å²) in [5, 5.41) is 5.21. The fraction of sp³-hybridized carbons (Fsp3) is 0.333. The van der Waals surface area contributed by atoms with Gasteiger partial charge in [0.1, 0.15) is 5.03 Å². The number of nitrogens with one attached hydrogen (secondary N) is 2. The largest absolute Gasteiger partial charge is 0.452 e. The number of rotatable bonds is 6. The van der Waals surface area contributed by atoms with Gasteiger partial charge in [-0.2, -0.15) is 0 Å². The highest BCUT2D eigenvalue weighted by molar-refractivity contribution is 8.00. The van der Waals surface area contributed by atoms with Crippen molar-refractivity contribution in [1.82, 2.24) is 15.6 Å². The number of thioether (sulfide) groups is 1. The second-order valence-electron chi connectivity index (χ2n) is 3.57. The molecule has 0 spiro atoms. The molecule has 0 radical (unpaired) electrons. The van der Waals surface area contributed by atoms with Gasteiger partial charge in [-0.05, 0) is 12.1 Å². The standard InChI is InChI=1S/C12H15N3O4S/c1-13-9(16)6-19-12(18)8-4-3-5-15-11(8)20-7-10(17)14-2/h3-5H,6-7H2,1-2H3,(H,13,16)(H,14,17). The van der Waals surface area contributed by atoms with E-state index < -0.39 is 11.9 Å². The number of pyridine rings is 1. The summed E-state index contributed by atoms with van der Waals surface area (Å²) in [5.74, 6) is -1.09.